The summed E-state index contributed by atoms with van der Waals surface area (Å²) in [7, 11) is 0. The molecule has 27 heavy (non-hydrogen) atoms. The molecule has 0 N–H and O–H groups in total. The average Bonchev–Trinajstić information content (AvgIpc) is 3.40. The van der Waals surface area contributed by atoms with Crippen LogP contribution in [0.1, 0.15) is 37.3 Å². The molecule has 2 saturated heterocycles. The smallest absolute Gasteiger partial charge is 0.251 e. The molecular weight excluding hydrogens is 344 g/mol. The largest absolute Gasteiger partial charge is 0.419 e. The van der Waals surface area contributed by atoms with Crippen LogP contribution in [0, 0.1) is 6.92 Å². The number of aryl methyl sites for hydroxylation is 1. The van der Waals surface area contributed by atoms with Gasteiger partial charge in [-0.3, -0.25) is 9.69 Å². The molecule has 1 amide bonds. The second-order valence-electron chi connectivity index (χ2n) is 7.35. The van der Waals surface area contributed by atoms with E-state index in [1.165, 1.54) is 5.56 Å². The van der Waals surface area contributed by atoms with Crippen molar-refractivity contribution in [2.75, 3.05) is 32.8 Å². The summed E-state index contributed by atoms with van der Waals surface area (Å²) in [6.07, 6.45) is 1.59. The van der Waals surface area contributed by atoms with E-state index >= 15 is 0 Å². The monoisotopic (exact) mass is 370 g/mol. The Bertz CT molecular complexity index is 775. The predicted molar refractivity (Wildman–Crippen MR) is 100 cm³/mol. The Labute approximate surface area is 159 Å². The van der Waals surface area contributed by atoms with Crippen molar-refractivity contribution < 1.29 is 13.9 Å². The zero-order chi connectivity index (χ0) is 18.8. The number of rotatable bonds is 4. The summed E-state index contributed by atoms with van der Waals surface area (Å²) in [6, 6.07) is 8.08. The molecule has 2 aromatic rings. The lowest BCUT2D eigenvalue weighted by atomic mass is 10.1. The van der Waals surface area contributed by atoms with E-state index in [1.807, 2.05) is 36.1 Å². The zero-order valence-corrected chi connectivity index (χ0v) is 15.9. The van der Waals surface area contributed by atoms with Gasteiger partial charge in [-0.25, -0.2) is 0 Å². The molecule has 2 atom stereocenters. The highest BCUT2D eigenvalue weighted by Crippen LogP contribution is 2.25. The normalized spacial score (nSPS) is 22.1. The highest BCUT2D eigenvalue weighted by atomic mass is 16.5. The summed E-state index contributed by atoms with van der Waals surface area (Å²) in [6.45, 7) is 7.83. The number of hydrogen-bond donors (Lipinski definition) is 0. The lowest BCUT2D eigenvalue weighted by Gasteiger charge is -2.37. The highest BCUT2D eigenvalue weighted by Gasteiger charge is 2.32. The minimum atomic E-state index is -0.234. The van der Waals surface area contributed by atoms with Crippen LogP contribution in [0.3, 0.4) is 0 Å². The Hall–Kier alpha value is -2.25. The first-order valence-corrected chi connectivity index (χ1v) is 9.66. The average molecular weight is 370 g/mol. The van der Waals surface area contributed by atoms with Crippen molar-refractivity contribution in [2.45, 2.75) is 38.8 Å². The second kappa shape index (κ2) is 7.78. The molecule has 1 aromatic heterocycles. The van der Waals surface area contributed by atoms with E-state index in [0.29, 0.717) is 31.5 Å². The molecule has 2 unspecified atom stereocenters. The van der Waals surface area contributed by atoms with Gasteiger partial charge in [-0.2, -0.15) is 0 Å². The van der Waals surface area contributed by atoms with Crippen LogP contribution >= 0.6 is 0 Å². The summed E-state index contributed by atoms with van der Waals surface area (Å²) in [5.41, 5.74) is 2.13. The van der Waals surface area contributed by atoms with Crippen LogP contribution in [0.15, 0.2) is 28.7 Å². The van der Waals surface area contributed by atoms with Crippen molar-refractivity contribution in [1.82, 2.24) is 20.0 Å². The molecular formula is C20H26N4O3. The summed E-state index contributed by atoms with van der Waals surface area (Å²) in [4.78, 5) is 16.7. The summed E-state index contributed by atoms with van der Waals surface area (Å²) >= 11 is 0. The van der Waals surface area contributed by atoms with E-state index < -0.39 is 0 Å². The van der Waals surface area contributed by atoms with E-state index in [1.54, 1.807) is 0 Å². The number of carbonyl (C=O) groups is 1. The minimum Gasteiger partial charge on any atom is -0.419 e. The van der Waals surface area contributed by atoms with Crippen molar-refractivity contribution in [3.63, 3.8) is 0 Å². The molecule has 7 heteroatoms. The maximum Gasteiger partial charge on any atom is 0.251 e. The van der Waals surface area contributed by atoms with Gasteiger partial charge in [0.25, 0.3) is 5.91 Å². The van der Waals surface area contributed by atoms with Crippen LogP contribution in [0.4, 0.5) is 0 Å². The van der Waals surface area contributed by atoms with E-state index in [4.69, 9.17) is 9.15 Å². The maximum atomic E-state index is 12.5. The Balaban J connectivity index is 1.36. The molecule has 144 valence electrons. The van der Waals surface area contributed by atoms with Gasteiger partial charge in [0.2, 0.25) is 11.8 Å². The Morgan fingerprint density at radius 2 is 1.89 bits per heavy atom. The topological polar surface area (TPSA) is 71.7 Å². The minimum absolute atomic E-state index is 0.0247. The Morgan fingerprint density at radius 1 is 1.15 bits per heavy atom. The number of amides is 1. The number of hydrogen-bond acceptors (Lipinski definition) is 6. The summed E-state index contributed by atoms with van der Waals surface area (Å²) < 4.78 is 11.4. The van der Waals surface area contributed by atoms with Gasteiger partial charge < -0.3 is 14.1 Å². The summed E-state index contributed by atoms with van der Waals surface area (Å²) in [5, 5.41) is 8.45. The fourth-order valence-electron chi connectivity index (χ4n) is 3.68. The molecule has 0 saturated carbocycles. The third-order valence-corrected chi connectivity index (χ3v) is 5.48. The van der Waals surface area contributed by atoms with E-state index in [0.717, 1.165) is 31.5 Å². The molecule has 0 radical (unpaired) electrons. The molecule has 4 rings (SSSR count). The molecule has 3 heterocycles. The molecule has 0 bridgehead atoms. The molecule has 0 aliphatic carbocycles. The van der Waals surface area contributed by atoms with Crippen LogP contribution < -0.4 is 0 Å². The molecule has 2 fully saturated rings. The lowest BCUT2D eigenvalue weighted by molar-refractivity contribution is -0.143. The molecule has 2 aliphatic heterocycles. The highest BCUT2D eigenvalue weighted by molar-refractivity contribution is 5.81. The lowest BCUT2D eigenvalue weighted by Crippen LogP contribution is -2.51. The zero-order valence-electron chi connectivity index (χ0n) is 15.9. The van der Waals surface area contributed by atoms with Crippen molar-refractivity contribution in [1.29, 1.82) is 0 Å². The van der Waals surface area contributed by atoms with Gasteiger partial charge in [0.05, 0.1) is 6.04 Å². The number of ether oxygens (including phenoxy) is 1. The fraction of sp³-hybridized carbons (Fsp3) is 0.550. The van der Waals surface area contributed by atoms with Gasteiger partial charge in [-0.05, 0) is 38.8 Å². The van der Waals surface area contributed by atoms with Gasteiger partial charge >= 0.3 is 0 Å². The van der Waals surface area contributed by atoms with Crippen LogP contribution in [-0.2, 0) is 9.53 Å². The number of benzene rings is 1. The Morgan fingerprint density at radius 3 is 2.56 bits per heavy atom. The van der Waals surface area contributed by atoms with Gasteiger partial charge in [0.1, 0.15) is 6.10 Å². The maximum absolute atomic E-state index is 12.5. The van der Waals surface area contributed by atoms with Gasteiger partial charge in [0.15, 0.2) is 0 Å². The van der Waals surface area contributed by atoms with Crippen LogP contribution in [0.2, 0.25) is 0 Å². The van der Waals surface area contributed by atoms with Crippen molar-refractivity contribution in [3.8, 4) is 11.5 Å². The molecule has 7 nitrogen and oxygen atoms in total. The van der Waals surface area contributed by atoms with Crippen molar-refractivity contribution in [3.05, 3.63) is 35.7 Å². The number of piperazine rings is 1. The number of aromatic nitrogens is 2. The third-order valence-electron chi connectivity index (χ3n) is 5.48. The first kappa shape index (κ1) is 18.1. The summed E-state index contributed by atoms with van der Waals surface area (Å²) in [5.74, 6) is 1.30. The SMILES string of the molecule is Cc1ccc(-c2nnc(C(C)N3CCN(C(=O)C4CCCO4)CC3)o2)cc1. The van der Waals surface area contributed by atoms with Crippen molar-refractivity contribution in [2.24, 2.45) is 0 Å². The predicted octanol–water partition coefficient (Wildman–Crippen LogP) is 2.43. The quantitative estimate of drug-likeness (QED) is 0.823. The molecule has 1 aromatic carbocycles. The third kappa shape index (κ3) is 3.89. The first-order valence-electron chi connectivity index (χ1n) is 9.66. The van der Waals surface area contributed by atoms with Crippen molar-refractivity contribution >= 4 is 5.91 Å². The number of nitrogens with zero attached hydrogens (tertiary/aromatic N) is 4. The number of carbonyl (C=O) groups excluding carboxylic acids is 1. The van der Waals surface area contributed by atoms with E-state index in [-0.39, 0.29) is 18.1 Å². The molecule has 0 spiro atoms. The van der Waals surface area contributed by atoms with Crippen LogP contribution in [0.25, 0.3) is 11.5 Å². The van der Waals surface area contributed by atoms with Crippen LogP contribution in [0.5, 0.6) is 0 Å². The van der Waals surface area contributed by atoms with E-state index in [2.05, 4.69) is 22.0 Å². The first-order chi connectivity index (χ1) is 13.1. The van der Waals surface area contributed by atoms with Gasteiger partial charge in [-0.1, -0.05) is 17.7 Å². The van der Waals surface area contributed by atoms with Gasteiger partial charge in [-0.15, -0.1) is 10.2 Å². The fourth-order valence-corrected chi connectivity index (χ4v) is 3.68. The standard InChI is InChI=1S/C20H26N4O3/c1-14-5-7-16(8-6-14)19-22-21-18(27-19)15(2)23-9-11-24(12-10-23)20(25)17-4-3-13-26-17/h5-8,15,17H,3-4,9-13H2,1-2H3. The molecule has 2 aliphatic rings. The van der Waals surface area contributed by atoms with Crippen LogP contribution in [-0.4, -0.2) is 64.8 Å². The van der Waals surface area contributed by atoms with E-state index in [9.17, 15) is 4.79 Å². The second-order valence-corrected chi connectivity index (χ2v) is 7.35. The Kier molecular flexibility index (Phi) is 5.22. The van der Waals surface area contributed by atoms with Gasteiger partial charge in [0, 0.05) is 38.3 Å².